The number of piperidine rings is 2. The first-order valence-electron chi connectivity index (χ1n) is 8.81. The Balaban J connectivity index is 0.00000104. The first-order valence-corrected chi connectivity index (χ1v) is 8.81. The van der Waals surface area contributed by atoms with Crippen molar-refractivity contribution in [1.82, 2.24) is 20.2 Å². The SMILES string of the molecule is Cl.Cl.O=C1N2CCCCN2C(=O)C12CCCN(C1CCNCC1)C2. The molecule has 0 aromatic rings. The average molecular weight is 379 g/mol. The molecule has 4 aliphatic heterocycles. The van der Waals surface area contributed by atoms with Crippen LogP contribution in [-0.4, -0.2) is 72.0 Å². The third-order valence-corrected chi connectivity index (χ3v) is 5.92. The molecule has 4 saturated heterocycles. The Bertz CT molecular complexity index is 461. The zero-order valence-corrected chi connectivity index (χ0v) is 15.7. The minimum Gasteiger partial charge on any atom is -0.317 e. The fourth-order valence-corrected chi connectivity index (χ4v) is 4.69. The highest BCUT2D eigenvalue weighted by Crippen LogP contribution is 2.42. The molecule has 138 valence electrons. The number of amides is 2. The number of hydrogen-bond acceptors (Lipinski definition) is 4. The fourth-order valence-electron chi connectivity index (χ4n) is 4.69. The zero-order chi connectivity index (χ0) is 15.2. The Morgan fingerprint density at radius 1 is 0.875 bits per heavy atom. The van der Waals surface area contributed by atoms with E-state index in [0.717, 1.165) is 71.2 Å². The van der Waals surface area contributed by atoms with Gasteiger partial charge in [-0.15, -0.1) is 24.8 Å². The van der Waals surface area contributed by atoms with E-state index in [0.29, 0.717) is 12.6 Å². The van der Waals surface area contributed by atoms with Gasteiger partial charge in [0.15, 0.2) is 0 Å². The first-order chi connectivity index (χ1) is 10.7. The maximum atomic E-state index is 13.0. The second-order valence-electron chi connectivity index (χ2n) is 7.20. The zero-order valence-electron chi connectivity index (χ0n) is 14.0. The van der Waals surface area contributed by atoms with Crippen molar-refractivity contribution in [2.45, 2.75) is 44.6 Å². The second-order valence-corrected chi connectivity index (χ2v) is 7.20. The van der Waals surface area contributed by atoms with Gasteiger partial charge in [-0.25, -0.2) is 0 Å². The molecule has 0 radical (unpaired) electrons. The maximum Gasteiger partial charge on any atom is 0.258 e. The number of fused-ring (bicyclic) bond motifs is 1. The molecule has 4 rings (SSSR count). The molecule has 8 heteroatoms. The molecule has 0 aromatic heterocycles. The minimum absolute atomic E-state index is 0. The third kappa shape index (κ3) is 3.02. The van der Waals surface area contributed by atoms with Gasteiger partial charge in [0.05, 0.1) is 0 Å². The summed E-state index contributed by atoms with van der Waals surface area (Å²) in [5.74, 6) is 0.159. The summed E-state index contributed by atoms with van der Waals surface area (Å²) in [6, 6.07) is 0.534. The van der Waals surface area contributed by atoms with Crippen LogP contribution in [0.3, 0.4) is 0 Å². The van der Waals surface area contributed by atoms with Crippen molar-refractivity contribution >= 4 is 36.6 Å². The van der Waals surface area contributed by atoms with Crippen molar-refractivity contribution < 1.29 is 9.59 Å². The lowest BCUT2D eigenvalue weighted by Crippen LogP contribution is -2.55. The van der Waals surface area contributed by atoms with Crippen LogP contribution in [0.25, 0.3) is 0 Å². The highest BCUT2D eigenvalue weighted by Gasteiger charge is 2.60. The van der Waals surface area contributed by atoms with Crippen LogP contribution in [0, 0.1) is 5.41 Å². The highest BCUT2D eigenvalue weighted by atomic mass is 35.5. The largest absolute Gasteiger partial charge is 0.317 e. The fraction of sp³-hybridized carbons (Fsp3) is 0.875. The van der Waals surface area contributed by atoms with Crippen molar-refractivity contribution in [1.29, 1.82) is 0 Å². The quantitative estimate of drug-likeness (QED) is 0.692. The van der Waals surface area contributed by atoms with Gasteiger partial charge in [-0.3, -0.25) is 24.5 Å². The van der Waals surface area contributed by atoms with Gasteiger partial charge in [-0.05, 0) is 58.2 Å². The summed E-state index contributed by atoms with van der Waals surface area (Å²) in [4.78, 5) is 28.4. The van der Waals surface area contributed by atoms with E-state index >= 15 is 0 Å². The van der Waals surface area contributed by atoms with Crippen LogP contribution in [0.1, 0.15) is 38.5 Å². The summed E-state index contributed by atoms with van der Waals surface area (Å²) in [5.41, 5.74) is -0.770. The lowest BCUT2D eigenvalue weighted by Gasteiger charge is -2.42. The summed E-state index contributed by atoms with van der Waals surface area (Å²) < 4.78 is 0. The van der Waals surface area contributed by atoms with E-state index in [9.17, 15) is 9.59 Å². The Hall–Kier alpha value is -0.560. The van der Waals surface area contributed by atoms with E-state index in [4.69, 9.17) is 0 Å². The third-order valence-electron chi connectivity index (χ3n) is 5.92. The molecule has 4 heterocycles. The van der Waals surface area contributed by atoms with Crippen molar-refractivity contribution in [3.8, 4) is 0 Å². The number of hydrogen-bond donors (Lipinski definition) is 1. The number of halogens is 2. The van der Waals surface area contributed by atoms with Crippen LogP contribution in [0.15, 0.2) is 0 Å². The lowest BCUT2D eigenvalue weighted by molar-refractivity contribution is -0.150. The number of nitrogens with zero attached hydrogens (tertiary/aromatic N) is 3. The average Bonchev–Trinajstić information content (AvgIpc) is 2.79. The molecule has 2 amide bonds. The van der Waals surface area contributed by atoms with Crippen molar-refractivity contribution in [3.05, 3.63) is 0 Å². The Kier molecular flexibility index (Phi) is 6.40. The number of hydrazine groups is 1. The number of nitrogens with one attached hydrogen (secondary N) is 1. The van der Waals surface area contributed by atoms with Crippen molar-refractivity contribution in [2.24, 2.45) is 5.41 Å². The van der Waals surface area contributed by atoms with Crippen LogP contribution in [0.5, 0.6) is 0 Å². The predicted octanol–water partition coefficient (Wildman–Crippen LogP) is 1.04. The lowest BCUT2D eigenvalue weighted by atomic mass is 9.78. The van der Waals surface area contributed by atoms with E-state index in [1.165, 1.54) is 0 Å². The Morgan fingerprint density at radius 2 is 1.46 bits per heavy atom. The van der Waals surface area contributed by atoms with Crippen molar-refractivity contribution in [3.63, 3.8) is 0 Å². The minimum atomic E-state index is -0.770. The standard InChI is InChI=1S/C16H26N4O2.2ClH/c21-14-16(15(22)20-11-2-1-10-19(14)20)6-3-9-18(12-16)13-4-7-17-8-5-13;;/h13,17H,1-12H2;2*1H. The van der Waals surface area contributed by atoms with E-state index in [-0.39, 0.29) is 36.6 Å². The normalized spacial score (nSPS) is 27.7. The van der Waals surface area contributed by atoms with Gasteiger partial charge in [-0.1, -0.05) is 0 Å². The van der Waals surface area contributed by atoms with Crippen molar-refractivity contribution in [2.75, 3.05) is 39.3 Å². The van der Waals surface area contributed by atoms with Crippen LogP contribution in [0.4, 0.5) is 0 Å². The monoisotopic (exact) mass is 378 g/mol. The molecule has 4 fully saturated rings. The molecule has 6 nitrogen and oxygen atoms in total. The molecule has 0 unspecified atom stereocenters. The van der Waals surface area contributed by atoms with Gasteiger partial charge >= 0.3 is 0 Å². The molecule has 24 heavy (non-hydrogen) atoms. The Morgan fingerprint density at radius 3 is 2.04 bits per heavy atom. The molecule has 4 aliphatic rings. The molecule has 1 N–H and O–H groups in total. The number of rotatable bonds is 1. The summed E-state index contributed by atoms with van der Waals surface area (Å²) in [6.07, 6.45) is 5.99. The summed E-state index contributed by atoms with van der Waals surface area (Å²) in [6.45, 7) is 5.22. The van der Waals surface area contributed by atoms with Crippen LogP contribution in [-0.2, 0) is 9.59 Å². The maximum absolute atomic E-state index is 13.0. The molecule has 0 bridgehead atoms. The summed E-state index contributed by atoms with van der Waals surface area (Å²) >= 11 is 0. The van der Waals surface area contributed by atoms with E-state index < -0.39 is 5.41 Å². The molecule has 0 atom stereocenters. The van der Waals surface area contributed by atoms with E-state index in [2.05, 4.69) is 10.2 Å². The second kappa shape index (κ2) is 7.77. The van der Waals surface area contributed by atoms with Gasteiger partial charge in [0.2, 0.25) is 0 Å². The summed E-state index contributed by atoms with van der Waals surface area (Å²) in [5, 5.41) is 6.89. The topological polar surface area (TPSA) is 55.9 Å². The van der Waals surface area contributed by atoms with Crippen LogP contribution < -0.4 is 5.32 Å². The number of carbonyl (C=O) groups is 2. The van der Waals surface area contributed by atoms with Gasteiger partial charge in [0, 0.05) is 25.7 Å². The van der Waals surface area contributed by atoms with Crippen LogP contribution in [0.2, 0.25) is 0 Å². The van der Waals surface area contributed by atoms with E-state index in [1.807, 2.05) is 0 Å². The molecular formula is C16H28Cl2N4O2. The van der Waals surface area contributed by atoms with Crippen LogP contribution >= 0.6 is 24.8 Å². The molecule has 0 aromatic carbocycles. The molecule has 0 saturated carbocycles. The smallest absolute Gasteiger partial charge is 0.258 e. The van der Waals surface area contributed by atoms with E-state index in [1.54, 1.807) is 10.0 Å². The first kappa shape index (κ1) is 19.8. The van der Waals surface area contributed by atoms with Gasteiger partial charge in [0.25, 0.3) is 11.8 Å². The van der Waals surface area contributed by atoms with Gasteiger partial charge in [-0.2, -0.15) is 0 Å². The summed E-state index contributed by atoms with van der Waals surface area (Å²) in [7, 11) is 0. The highest BCUT2D eigenvalue weighted by molar-refractivity contribution is 6.10. The van der Waals surface area contributed by atoms with Gasteiger partial charge < -0.3 is 5.32 Å². The molecular weight excluding hydrogens is 351 g/mol. The molecule has 0 aliphatic carbocycles. The van der Waals surface area contributed by atoms with Gasteiger partial charge in [0.1, 0.15) is 5.41 Å². The molecule has 1 spiro atoms. The Labute approximate surface area is 156 Å². The predicted molar refractivity (Wildman–Crippen MR) is 96.3 cm³/mol. The number of carbonyl (C=O) groups excluding carboxylic acids is 2. The number of likely N-dealkylation sites (tertiary alicyclic amines) is 1.